The first kappa shape index (κ1) is 10.8. The van der Waals surface area contributed by atoms with Gasteiger partial charge >= 0.3 is 0 Å². The van der Waals surface area contributed by atoms with Crippen molar-refractivity contribution in [3.05, 3.63) is 18.3 Å². The third-order valence-electron chi connectivity index (χ3n) is 1.56. The van der Waals surface area contributed by atoms with Crippen molar-refractivity contribution in [2.24, 2.45) is 0 Å². The van der Waals surface area contributed by atoms with Crippen LogP contribution in [-0.4, -0.2) is 32.0 Å². The number of sulfone groups is 1. The van der Waals surface area contributed by atoms with Gasteiger partial charge in [-0.05, 0) is 6.07 Å². The van der Waals surface area contributed by atoms with Crippen LogP contribution in [0.5, 0.6) is 0 Å². The zero-order valence-electron chi connectivity index (χ0n) is 7.90. The smallest absolute Gasteiger partial charge is 0.149 e. The number of nitrogen functional groups attached to an aromatic ring is 1. The Morgan fingerprint density at radius 2 is 2.29 bits per heavy atom. The highest BCUT2D eigenvalue weighted by Gasteiger charge is 2.01. The summed E-state index contributed by atoms with van der Waals surface area (Å²) in [4.78, 5) is 3.97. The molecule has 0 aliphatic heterocycles. The Balaban J connectivity index is 2.47. The minimum atomic E-state index is -2.93. The second-order valence-electron chi connectivity index (χ2n) is 3.03. The van der Waals surface area contributed by atoms with Crippen LogP contribution in [0.1, 0.15) is 0 Å². The topological polar surface area (TPSA) is 85.1 Å². The molecule has 0 radical (unpaired) electrons. The molecule has 0 unspecified atom stereocenters. The number of nitrogens with zero attached hydrogens (tertiary/aromatic N) is 1. The molecule has 1 aromatic heterocycles. The summed E-state index contributed by atoms with van der Waals surface area (Å²) in [6, 6.07) is 3.32. The van der Waals surface area contributed by atoms with E-state index in [-0.39, 0.29) is 5.75 Å². The third kappa shape index (κ3) is 4.08. The van der Waals surface area contributed by atoms with Crippen molar-refractivity contribution < 1.29 is 8.42 Å². The Hall–Kier alpha value is -1.30. The number of rotatable bonds is 4. The van der Waals surface area contributed by atoms with Gasteiger partial charge in [0, 0.05) is 30.8 Å². The molecule has 0 aliphatic rings. The molecule has 0 amide bonds. The van der Waals surface area contributed by atoms with Gasteiger partial charge in [0.25, 0.3) is 0 Å². The molecular weight excluding hydrogens is 202 g/mol. The summed E-state index contributed by atoms with van der Waals surface area (Å²) in [5.74, 6) is 0.678. The summed E-state index contributed by atoms with van der Waals surface area (Å²) in [5, 5.41) is 2.87. The lowest BCUT2D eigenvalue weighted by Gasteiger charge is -2.04. The Morgan fingerprint density at radius 1 is 1.57 bits per heavy atom. The molecule has 0 saturated carbocycles. The van der Waals surface area contributed by atoms with Crippen LogP contribution in [0.4, 0.5) is 11.5 Å². The Labute approximate surface area is 83.3 Å². The minimum Gasteiger partial charge on any atom is -0.399 e. The minimum absolute atomic E-state index is 0.0868. The molecule has 78 valence electrons. The van der Waals surface area contributed by atoms with E-state index < -0.39 is 9.84 Å². The fraction of sp³-hybridized carbons (Fsp3) is 0.375. The lowest BCUT2D eigenvalue weighted by molar-refractivity contribution is 0.602. The van der Waals surface area contributed by atoms with Crippen molar-refractivity contribution in [3.8, 4) is 0 Å². The summed E-state index contributed by atoms with van der Waals surface area (Å²) in [6.07, 6.45) is 2.76. The molecule has 5 nitrogen and oxygen atoms in total. The summed E-state index contributed by atoms with van der Waals surface area (Å²) >= 11 is 0. The van der Waals surface area contributed by atoms with Crippen molar-refractivity contribution in [1.82, 2.24) is 4.98 Å². The molecule has 0 bridgehead atoms. The van der Waals surface area contributed by atoms with Gasteiger partial charge in [-0.15, -0.1) is 0 Å². The van der Waals surface area contributed by atoms with E-state index in [4.69, 9.17) is 5.73 Å². The number of aromatic nitrogens is 1. The maximum absolute atomic E-state index is 10.8. The fourth-order valence-corrected chi connectivity index (χ4v) is 1.38. The van der Waals surface area contributed by atoms with Gasteiger partial charge in [-0.25, -0.2) is 13.4 Å². The maximum atomic E-state index is 10.8. The van der Waals surface area contributed by atoms with Crippen molar-refractivity contribution >= 4 is 21.3 Å². The zero-order chi connectivity index (χ0) is 10.6. The molecular formula is C8H13N3O2S. The monoisotopic (exact) mass is 215 g/mol. The normalized spacial score (nSPS) is 11.2. The SMILES string of the molecule is CS(=O)(=O)CCNc1cc(N)ccn1. The first-order valence-electron chi connectivity index (χ1n) is 4.10. The summed E-state index contributed by atoms with van der Waals surface area (Å²) in [7, 11) is -2.93. The largest absolute Gasteiger partial charge is 0.399 e. The predicted molar refractivity (Wildman–Crippen MR) is 56.8 cm³/mol. The van der Waals surface area contributed by atoms with E-state index in [1.54, 1.807) is 18.3 Å². The van der Waals surface area contributed by atoms with Crippen LogP contribution in [0.2, 0.25) is 0 Å². The first-order chi connectivity index (χ1) is 6.47. The van der Waals surface area contributed by atoms with Crippen LogP contribution >= 0.6 is 0 Å². The summed E-state index contributed by atoms with van der Waals surface area (Å²) < 4.78 is 21.6. The lowest BCUT2D eigenvalue weighted by Crippen LogP contribution is -2.14. The number of nitrogens with two attached hydrogens (primary N) is 1. The van der Waals surface area contributed by atoms with Gasteiger partial charge in [-0.1, -0.05) is 0 Å². The Kier molecular flexibility index (Phi) is 3.29. The van der Waals surface area contributed by atoms with Crippen LogP contribution in [0.15, 0.2) is 18.3 Å². The summed E-state index contributed by atoms with van der Waals surface area (Å²) in [6.45, 7) is 0.343. The Morgan fingerprint density at radius 3 is 2.86 bits per heavy atom. The molecule has 1 heterocycles. The van der Waals surface area contributed by atoms with E-state index in [2.05, 4.69) is 10.3 Å². The highest BCUT2D eigenvalue weighted by Crippen LogP contribution is 2.06. The number of hydrogen-bond acceptors (Lipinski definition) is 5. The van der Waals surface area contributed by atoms with Crippen LogP contribution in [-0.2, 0) is 9.84 Å². The maximum Gasteiger partial charge on any atom is 0.149 e. The molecule has 0 aliphatic carbocycles. The van der Waals surface area contributed by atoms with Crippen molar-refractivity contribution in [1.29, 1.82) is 0 Å². The summed E-state index contributed by atoms with van der Waals surface area (Å²) in [5.41, 5.74) is 6.12. The number of anilines is 2. The van der Waals surface area contributed by atoms with Gasteiger partial charge in [0.05, 0.1) is 5.75 Å². The lowest BCUT2D eigenvalue weighted by atomic mass is 10.4. The molecule has 0 fully saturated rings. The Bertz CT molecular complexity index is 403. The second kappa shape index (κ2) is 4.28. The quantitative estimate of drug-likeness (QED) is 0.745. The van der Waals surface area contributed by atoms with E-state index >= 15 is 0 Å². The average molecular weight is 215 g/mol. The highest BCUT2D eigenvalue weighted by atomic mass is 32.2. The fourth-order valence-electron chi connectivity index (χ4n) is 0.908. The molecule has 3 N–H and O–H groups in total. The van der Waals surface area contributed by atoms with Crippen molar-refractivity contribution in [2.75, 3.05) is 29.6 Å². The van der Waals surface area contributed by atoms with Gasteiger partial charge < -0.3 is 11.1 Å². The highest BCUT2D eigenvalue weighted by molar-refractivity contribution is 7.90. The second-order valence-corrected chi connectivity index (χ2v) is 5.29. The van der Waals surface area contributed by atoms with Crippen LogP contribution in [0.3, 0.4) is 0 Å². The molecule has 14 heavy (non-hydrogen) atoms. The molecule has 1 rings (SSSR count). The van der Waals surface area contributed by atoms with Gasteiger partial charge in [0.15, 0.2) is 0 Å². The molecule has 0 atom stereocenters. The van der Waals surface area contributed by atoms with Crippen molar-refractivity contribution in [3.63, 3.8) is 0 Å². The van der Waals surface area contributed by atoms with Gasteiger partial charge in [0.1, 0.15) is 15.7 Å². The van der Waals surface area contributed by atoms with Gasteiger partial charge in [-0.2, -0.15) is 0 Å². The van der Waals surface area contributed by atoms with E-state index in [1.165, 1.54) is 6.26 Å². The first-order valence-corrected chi connectivity index (χ1v) is 6.16. The number of hydrogen-bond donors (Lipinski definition) is 2. The average Bonchev–Trinajstić information content (AvgIpc) is 2.01. The predicted octanol–water partition coefficient (Wildman–Crippen LogP) is 0.120. The van der Waals surface area contributed by atoms with Crippen LogP contribution in [0, 0.1) is 0 Å². The van der Waals surface area contributed by atoms with Crippen LogP contribution < -0.4 is 11.1 Å². The van der Waals surface area contributed by atoms with Crippen LogP contribution in [0.25, 0.3) is 0 Å². The molecule has 6 heteroatoms. The number of nitrogens with one attached hydrogen (secondary N) is 1. The van der Waals surface area contributed by atoms with Gasteiger partial charge in [0.2, 0.25) is 0 Å². The van der Waals surface area contributed by atoms with E-state index in [0.717, 1.165) is 0 Å². The van der Waals surface area contributed by atoms with E-state index in [0.29, 0.717) is 18.1 Å². The van der Waals surface area contributed by atoms with Crippen molar-refractivity contribution in [2.45, 2.75) is 0 Å². The number of pyridine rings is 1. The standard InChI is InChI=1S/C8H13N3O2S/c1-14(12,13)5-4-11-8-6-7(9)2-3-10-8/h2-3,6H,4-5H2,1H3,(H3,9,10,11). The van der Waals surface area contributed by atoms with Gasteiger partial charge in [-0.3, -0.25) is 0 Å². The third-order valence-corrected chi connectivity index (χ3v) is 2.51. The molecule has 0 aromatic carbocycles. The molecule has 1 aromatic rings. The zero-order valence-corrected chi connectivity index (χ0v) is 8.71. The molecule has 0 saturated heterocycles. The van der Waals surface area contributed by atoms with E-state index in [9.17, 15) is 8.42 Å². The molecule has 0 spiro atoms. The van der Waals surface area contributed by atoms with E-state index in [1.807, 2.05) is 0 Å².